The summed E-state index contributed by atoms with van der Waals surface area (Å²) in [6, 6.07) is 56.5. The van der Waals surface area contributed by atoms with Crippen molar-refractivity contribution in [1.29, 1.82) is 0 Å². The van der Waals surface area contributed by atoms with E-state index in [1.807, 2.05) is 85.1 Å². The summed E-state index contributed by atoms with van der Waals surface area (Å²) in [6.07, 6.45) is 1.82. The van der Waals surface area contributed by atoms with Gasteiger partial charge in [-0.2, -0.15) is 0 Å². The molecule has 1 aliphatic heterocycles. The molecule has 0 fully saturated rings. The number of nitrogens with zero attached hydrogens (tertiary/aromatic N) is 4. The van der Waals surface area contributed by atoms with Crippen molar-refractivity contribution in [1.82, 2.24) is 19.9 Å². The molecule has 0 saturated carbocycles. The number of rotatable bonds is 4. The third kappa shape index (κ3) is 4.20. The molecule has 1 aliphatic carbocycles. The number of aromatic nitrogens is 4. The second-order valence-corrected chi connectivity index (χ2v) is 12.6. The first kappa shape index (κ1) is 28.3. The molecule has 6 aromatic carbocycles. The molecule has 2 aliphatic rings. The van der Waals surface area contributed by atoms with Gasteiger partial charge in [0.05, 0.1) is 11.1 Å². The van der Waals surface area contributed by atoms with Crippen LogP contribution in [0.5, 0.6) is 11.5 Å². The Morgan fingerprint density at radius 3 is 1.56 bits per heavy atom. The first-order valence-corrected chi connectivity index (χ1v) is 16.7. The molecule has 5 heteroatoms. The van der Waals surface area contributed by atoms with Crippen LogP contribution in [0.25, 0.3) is 56.5 Å². The van der Waals surface area contributed by atoms with E-state index in [4.69, 9.17) is 24.7 Å². The van der Waals surface area contributed by atoms with Gasteiger partial charge in [0.2, 0.25) is 0 Å². The molecule has 0 N–H and O–H groups in total. The number of hydrogen-bond acceptors (Lipinski definition) is 5. The van der Waals surface area contributed by atoms with Crippen LogP contribution in [0.1, 0.15) is 22.3 Å². The second-order valence-electron chi connectivity index (χ2n) is 12.6. The second kappa shape index (κ2) is 11.2. The summed E-state index contributed by atoms with van der Waals surface area (Å²) < 4.78 is 6.79. The zero-order valence-electron chi connectivity index (χ0n) is 26.9. The van der Waals surface area contributed by atoms with Crippen LogP contribution in [0.3, 0.4) is 0 Å². The molecule has 8 aromatic rings. The quantitative estimate of drug-likeness (QED) is 0.192. The number of pyridine rings is 1. The van der Waals surface area contributed by atoms with E-state index in [0.29, 0.717) is 17.5 Å². The highest BCUT2D eigenvalue weighted by Crippen LogP contribution is 2.62. The number of para-hydroxylation sites is 1. The predicted octanol–water partition coefficient (Wildman–Crippen LogP) is 10.4. The molecule has 0 atom stereocenters. The Kier molecular flexibility index (Phi) is 6.33. The van der Waals surface area contributed by atoms with Crippen molar-refractivity contribution in [2.45, 2.75) is 5.41 Å². The van der Waals surface area contributed by atoms with Crippen LogP contribution in [0.15, 0.2) is 170 Å². The molecule has 1 spiro atoms. The van der Waals surface area contributed by atoms with Crippen LogP contribution >= 0.6 is 0 Å². The van der Waals surface area contributed by atoms with Gasteiger partial charge in [-0.25, -0.2) is 15.0 Å². The Hall–Kier alpha value is -6.72. The Balaban J connectivity index is 1.18. The number of ether oxygens (including phenoxy) is 1. The normalized spacial score (nSPS) is 13.1. The molecule has 0 bridgehead atoms. The van der Waals surface area contributed by atoms with Crippen molar-refractivity contribution in [3.05, 3.63) is 192 Å². The molecule has 2 aromatic heterocycles. The SMILES string of the molecule is c1ccc(-c2nc(-c3ccccc3)nc(-c3cccnc3-c3ccc4c(c3)Oc3ccccc3C43c4ccccc4-c4ccccc43)n2)cc1. The van der Waals surface area contributed by atoms with E-state index in [9.17, 15) is 0 Å². The molecule has 10 rings (SSSR count). The van der Waals surface area contributed by atoms with Crippen molar-refractivity contribution >= 4 is 0 Å². The standard InChI is InChI=1S/C45H28N4O/c1-3-14-29(15-4-1)42-47-43(30-16-5-2-6-17-30)49-44(48-42)34-20-13-27-46-41(34)31-25-26-38-40(28-31)50-39-24-12-11-23-37(39)45(38)35-21-9-7-18-32(35)33-19-8-10-22-36(33)45/h1-28H. The van der Waals surface area contributed by atoms with Crippen molar-refractivity contribution in [3.63, 3.8) is 0 Å². The summed E-state index contributed by atoms with van der Waals surface area (Å²) in [5, 5.41) is 0. The van der Waals surface area contributed by atoms with Crippen molar-refractivity contribution in [2.24, 2.45) is 0 Å². The molecular weight excluding hydrogens is 613 g/mol. The monoisotopic (exact) mass is 640 g/mol. The van der Waals surface area contributed by atoms with Crippen LogP contribution < -0.4 is 4.74 Å². The lowest BCUT2D eigenvalue weighted by atomic mass is 9.66. The minimum Gasteiger partial charge on any atom is -0.457 e. The van der Waals surface area contributed by atoms with Gasteiger partial charge in [-0.15, -0.1) is 0 Å². The van der Waals surface area contributed by atoms with Crippen LogP contribution in [-0.2, 0) is 5.41 Å². The molecule has 234 valence electrons. The van der Waals surface area contributed by atoms with Crippen LogP contribution in [-0.4, -0.2) is 19.9 Å². The smallest absolute Gasteiger partial charge is 0.166 e. The maximum atomic E-state index is 6.79. The number of fused-ring (bicyclic) bond motifs is 9. The lowest BCUT2D eigenvalue weighted by molar-refractivity contribution is 0.436. The molecule has 0 radical (unpaired) electrons. The molecule has 50 heavy (non-hydrogen) atoms. The first-order valence-electron chi connectivity index (χ1n) is 16.7. The summed E-state index contributed by atoms with van der Waals surface area (Å²) in [5.74, 6) is 3.42. The van der Waals surface area contributed by atoms with Crippen LogP contribution in [0.4, 0.5) is 0 Å². The molecule has 0 amide bonds. The molecule has 5 nitrogen and oxygen atoms in total. The zero-order chi connectivity index (χ0) is 33.1. The van der Waals surface area contributed by atoms with Crippen molar-refractivity contribution in [3.8, 4) is 68.0 Å². The highest BCUT2D eigenvalue weighted by atomic mass is 16.5. The lowest BCUT2D eigenvalue weighted by Crippen LogP contribution is -2.32. The highest BCUT2D eigenvalue weighted by Gasteiger charge is 2.50. The lowest BCUT2D eigenvalue weighted by Gasteiger charge is -2.39. The summed E-state index contributed by atoms with van der Waals surface area (Å²) in [7, 11) is 0. The van der Waals surface area contributed by atoms with E-state index in [1.54, 1.807) is 0 Å². The summed E-state index contributed by atoms with van der Waals surface area (Å²) >= 11 is 0. The highest BCUT2D eigenvalue weighted by molar-refractivity contribution is 5.89. The van der Waals surface area contributed by atoms with Gasteiger partial charge in [-0.3, -0.25) is 4.98 Å². The summed E-state index contributed by atoms with van der Waals surface area (Å²) in [4.78, 5) is 19.9. The number of benzene rings is 6. The maximum Gasteiger partial charge on any atom is 0.166 e. The van der Waals surface area contributed by atoms with Gasteiger partial charge in [-0.1, -0.05) is 140 Å². The predicted molar refractivity (Wildman–Crippen MR) is 197 cm³/mol. The van der Waals surface area contributed by atoms with E-state index in [0.717, 1.165) is 50.6 Å². The summed E-state index contributed by atoms with van der Waals surface area (Å²) in [6.45, 7) is 0. The van der Waals surface area contributed by atoms with E-state index in [2.05, 4.69) is 84.9 Å². The minimum atomic E-state index is -0.522. The molecule has 0 saturated heterocycles. The fraction of sp³-hybridized carbons (Fsp3) is 0.0222. The molecule has 0 unspecified atom stereocenters. The average Bonchev–Trinajstić information content (AvgIpc) is 3.49. The fourth-order valence-corrected chi connectivity index (χ4v) is 7.75. The van der Waals surface area contributed by atoms with E-state index in [1.165, 1.54) is 22.3 Å². The number of hydrogen-bond donors (Lipinski definition) is 0. The van der Waals surface area contributed by atoms with Crippen molar-refractivity contribution < 1.29 is 4.74 Å². The Morgan fingerprint density at radius 2 is 0.900 bits per heavy atom. The average molecular weight is 641 g/mol. The zero-order valence-corrected chi connectivity index (χ0v) is 26.9. The Bertz CT molecular complexity index is 2480. The van der Waals surface area contributed by atoms with Gasteiger partial charge in [0, 0.05) is 39.6 Å². The van der Waals surface area contributed by atoms with Gasteiger partial charge in [0.1, 0.15) is 11.5 Å². The largest absolute Gasteiger partial charge is 0.457 e. The van der Waals surface area contributed by atoms with E-state index >= 15 is 0 Å². The first-order chi connectivity index (χ1) is 24.8. The van der Waals surface area contributed by atoms with Crippen molar-refractivity contribution in [2.75, 3.05) is 0 Å². The minimum absolute atomic E-state index is 0.522. The van der Waals surface area contributed by atoms with Gasteiger partial charge in [0.15, 0.2) is 17.5 Å². The van der Waals surface area contributed by atoms with Crippen LogP contribution in [0.2, 0.25) is 0 Å². The van der Waals surface area contributed by atoms with Gasteiger partial charge in [0.25, 0.3) is 0 Å². The fourth-order valence-electron chi connectivity index (χ4n) is 7.75. The van der Waals surface area contributed by atoms with Gasteiger partial charge < -0.3 is 4.74 Å². The van der Waals surface area contributed by atoms with E-state index in [-0.39, 0.29) is 0 Å². The Labute approximate surface area is 289 Å². The van der Waals surface area contributed by atoms with Crippen LogP contribution in [0, 0.1) is 0 Å². The van der Waals surface area contributed by atoms with E-state index < -0.39 is 5.41 Å². The molecular formula is C45H28N4O. The molecule has 3 heterocycles. The van der Waals surface area contributed by atoms with Gasteiger partial charge >= 0.3 is 0 Å². The topological polar surface area (TPSA) is 60.8 Å². The maximum absolute atomic E-state index is 6.79. The summed E-state index contributed by atoms with van der Waals surface area (Å²) in [5.41, 5.74) is 11.1. The van der Waals surface area contributed by atoms with Gasteiger partial charge in [-0.05, 0) is 46.5 Å². The third-order valence-electron chi connectivity index (χ3n) is 9.87. The third-order valence-corrected chi connectivity index (χ3v) is 9.87. The Morgan fingerprint density at radius 1 is 0.380 bits per heavy atom.